The van der Waals surface area contributed by atoms with E-state index in [0.29, 0.717) is 22.7 Å². The number of hydrogen-bond acceptors (Lipinski definition) is 5. The van der Waals surface area contributed by atoms with E-state index in [9.17, 15) is 9.35 Å². The van der Waals surface area contributed by atoms with Gasteiger partial charge in [-0.1, -0.05) is 48.5 Å². The predicted octanol–water partition coefficient (Wildman–Crippen LogP) is 4.72. The minimum Gasteiger partial charge on any atom is -0.588 e. The number of hydrogen-bond donors (Lipinski definition) is 1. The molecule has 6 nitrogen and oxygen atoms in total. The lowest BCUT2D eigenvalue weighted by atomic mass is 10.2. The highest BCUT2D eigenvalue weighted by atomic mass is 32.2. The zero-order valence-electron chi connectivity index (χ0n) is 19.5. The van der Waals surface area contributed by atoms with Crippen LogP contribution in [0.1, 0.15) is 22.3 Å². The Morgan fingerprint density at radius 1 is 0.886 bits per heavy atom. The van der Waals surface area contributed by atoms with Gasteiger partial charge >= 0.3 is 0 Å². The third-order valence-corrected chi connectivity index (χ3v) is 7.41. The van der Waals surface area contributed by atoms with E-state index in [1.54, 1.807) is 18.3 Å². The molecular weight excluding hydrogens is 456 g/mol. The Morgan fingerprint density at radius 2 is 1.69 bits per heavy atom. The Labute approximate surface area is 208 Å². The summed E-state index contributed by atoms with van der Waals surface area (Å²) >= 11 is -1.47. The fraction of sp³-hybridized carbons (Fsp3) is 0.214. The average molecular weight is 485 g/mol. The summed E-state index contributed by atoms with van der Waals surface area (Å²) < 4.78 is 16.0. The number of carbonyl (C=O) groups is 1. The zero-order chi connectivity index (χ0) is 24.0. The molecule has 7 heteroatoms. The van der Waals surface area contributed by atoms with Crippen LogP contribution in [0.25, 0.3) is 10.9 Å². The van der Waals surface area contributed by atoms with Gasteiger partial charge in [-0.15, -0.1) is 0 Å². The van der Waals surface area contributed by atoms with Crippen molar-refractivity contribution in [1.82, 2.24) is 14.8 Å². The molecule has 35 heavy (non-hydrogen) atoms. The molecule has 0 radical (unpaired) electrons. The second-order valence-electron chi connectivity index (χ2n) is 8.69. The highest BCUT2D eigenvalue weighted by molar-refractivity contribution is 7.93. The highest BCUT2D eigenvalue weighted by Crippen LogP contribution is 2.23. The van der Waals surface area contributed by atoms with E-state index >= 15 is 0 Å². The van der Waals surface area contributed by atoms with E-state index in [2.05, 4.69) is 38.9 Å². The second-order valence-corrected chi connectivity index (χ2v) is 9.87. The van der Waals surface area contributed by atoms with Crippen molar-refractivity contribution in [3.8, 4) is 0 Å². The number of amides is 1. The molecule has 5 rings (SSSR count). The fourth-order valence-corrected chi connectivity index (χ4v) is 5.43. The standard InChI is InChI=1S/C28H28N4O2S/c33-28(32-18-6-17-31(19-20-32)21-22-7-2-1-3-8-22)24-12-14-25(15-13-24)30-35(34)26-11-4-9-23-10-5-16-29-27(23)26/h1-5,7-16,30H,6,17-21H2. The van der Waals surface area contributed by atoms with Crippen molar-refractivity contribution in [2.75, 3.05) is 30.9 Å². The van der Waals surface area contributed by atoms with Crippen LogP contribution in [-0.4, -0.2) is 51.4 Å². The van der Waals surface area contributed by atoms with Crippen LogP contribution in [0.3, 0.4) is 0 Å². The molecule has 1 atom stereocenters. The van der Waals surface area contributed by atoms with Crippen LogP contribution in [0, 0.1) is 0 Å². The molecule has 1 fully saturated rings. The van der Waals surface area contributed by atoms with Gasteiger partial charge in [0.1, 0.15) is 16.9 Å². The molecular formula is C28H28N4O2S. The highest BCUT2D eigenvalue weighted by Gasteiger charge is 2.21. The number of benzene rings is 3. The van der Waals surface area contributed by atoms with Crippen molar-refractivity contribution in [2.45, 2.75) is 17.9 Å². The quantitative estimate of drug-likeness (QED) is 0.401. The van der Waals surface area contributed by atoms with Crippen LogP contribution >= 0.6 is 0 Å². The molecule has 0 bridgehead atoms. The zero-order valence-corrected chi connectivity index (χ0v) is 20.3. The van der Waals surface area contributed by atoms with Gasteiger partial charge in [0.2, 0.25) is 4.90 Å². The van der Waals surface area contributed by atoms with Gasteiger partial charge in [0.25, 0.3) is 5.91 Å². The van der Waals surface area contributed by atoms with Gasteiger partial charge in [-0.2, -0.15) is 0 Å². The molecule has 0 spiro atoms. The lowest BCUT2D eigenvalue weighted by Gasteiger charge is -2.22. The lowest BCUT2D eigenvalue weighted by molar-refractivity contribution is 0.0761. The number of rotatable bonds is 6. The first-order valence-electron chi connectivity index (χ1n) is 11.9. The Hall–Kier alpha value is -3.39. The van der Waals surface area contributed by atoms with Gasteiger partial charge in [0.15, 0.2) is 0 Å². The normalized spacial score (nSPS) is 15.5. The summed E-state index contributed by atoms with van der Waals surface area (Å²) in [6.07, 6.45) is 2.66. The Kier molecular flexibility index (Phi) is 7.28. The number of nitrogens with one attached hydrogen (secondary N) is 1. The number of anilines is 1. The van der Waals surface area contributed by atoms with Crippen molar-refractivity contribution in [2.24, 2.45) is 0 Å². The third kappa shape index (κ3) is 5.65. The molecule has 178 valence electrons. The van der Waals surface area contributed by atoms with Crippen LogP contribution in [0.2, 0.25) is 0 Å². The predicted molar refractivity (Wildman–Crippen MR) is 140 cm³/mol. The monoisotopic (exact) mass is 484 g/mol. The summed E-state index contributed by atoms with van der Waals surface area (Å²) in [5.41, 5.74) is 3.35. The topological polar surface area (TPSA) is 71.5 Å². The summed E-state index contributed by atoms with van der Waals surface area (Å²) in [7, 11) is 0. The summed E-state index contributed by atoms with van der Waals surface area (Å²) in [5.74, 6) is 0.0393. The summed E-state index contributed by atoms with van der Waals surface area (Å²) in [6.45, 7) is 4.22. The number of fused-ring (bicyclic) bond motifs is 1. The maximum atomic E-state index is 13.1. The molecule has 1 N–H and O–H groups in total. The molecule has 4 aromatic rings. The number of nitrogens with zero attached hydrogens (tertiary/aromatic N) is 3. The Balaban J connectivity index is 1.20. The maximum Gasteiger partial charge on any atom is 0.253 e. The van der Waals surface area contributed by atoms with Crippen LogP contribution in [0.4, 0.5) is 5.69 Å². The Bertz CT molecular complexity index is 1280. The van der Waals surface area contributed by atoms with Crippen LogP contribution < -0.4 is 4.72 Å². The van der Waals surface area contributed by atoms with E-state index in [4.69, 9.17) is 0 Å². The number of pyridine rings is 1. The first kappa shape index (κ1) is 23.4. The molecule has 2 heterocycles. The fourth-order valence-electron chi connectivity index (χ4n) is 4.42. The molecule has 1 aliphatic rings. The first-order chi connectivity index (χ1) is 17.2. The lowest BCUT2D eigenvalue weighted by Crippen LogP contribution is -2.35. The first-order valence-corrected chi connectivity index (χ1v) is 13.0. The van der Waals surface area contributed by atoms with Gasteiger partial charge in [0, 0.05) is 49.9 Å². The molecule has 1 aromatic heterocycles. The van der Waals surface area contributed by atoms with Gasteiger partial charge in [-0.05, 0) is 48.4 Å². The molecule has 0 saturated carbocycles. The minimum absolute atomic E-state index is 0.0393. The summed E-state index contributed by atoms with van der Waals surface area (Å²) in [4.78, 5) is 22.5. The van der Waals surface area contributed by atoms with E-state index in [0.717, 1.165) is 43.5 Å². The smallest absolute Gasteiger partial charge is 0.253 e. The van der Waals surface area contributed by atoms with Crippen LogP contribution in [0.5, 0.6) is 0 Å². The largest absolute Gasteiger partial charge is 0.588 e. The second kappa shape index (κ2) is 10.9. The van der Waals surface area contributed by atoms with Crippen LogP contribution in [-0.2, 0) is 17.9 Å². The molecule has 1 amide bonds. The average Bonchev–Trinajstić information content (AvgIpc) is 3.14. The van der Waals surface area contributed by atoms with E-state index in [1.165, 1.54) is 5.56 Å². The van der Waals surface area contributed by atoms with Crippen molar-refractivity contribution in [3.05, 3.63) is 102 Å². The van der Waals surface area contributed by atoms with Crippen molar-refractivity contribution in [3.63, 3.8) is 0 Å². The third-order valence-electron chi connectivity index (χ3n) is 6.26. The van der Waals surface area contributed by atoms with Crippen molar-refractivity contribution >= 4 is 33.9 Å². The minimum atomic E-state index is -1.47. The Morgan fingerprint density at radius 3 is 2.51 bits per heavy atom. The van der Waals surface area contributed by atoms with Gasteiger partial charge in [0.05, 0.1) is 5.69 Å². The van der Waals surface area contributed by atoms with Crippen LogP contribution in [0.15, 0.2) is 96.0 Å². The van der Waals surface area contributed by atoms with E-state index in [-0.39, 0.29) is 5.91 Å². The number of aromatic nitrogens is 1. The van der Waals surface area contributed by atoms with E-state index in [1.807, 2.05) is 53.4 Å². The molecule has 0 aliphatic carbocycles. The molecule has 1 unspecified atom stereocenters. The van der Waals surface area contributed by atoms with Crippen molar-refractivity contribution in [1.29, 1.82) is 0 Å². The summed E-state index contributed by atoms with van der Waals surface area (Å²) in [6, 6.07) is 27.1. The van der Waals surface area contributed by atoms with Crippen molar-refractivity contribution < 1.29 is 9.35 Å². The molecule has 3 aromatic carbocycles. The van der Waals surface area contributed by atoms with Gasteiger partial charge in [-0.25, -0.2) is 4.72 Å². The molecule has 1 saturated heterocycles. The maximum absolute atomic E-state index is 13.1. The van der Waals surface area contributed by atoms with Gasteiger partial charge in [-0.3, -0.25) is 14.7 Å². The number of carbonyl (C=O) groups excluding carboxylic acids is 1. The number of para-hydroxylation sites is 1. The van der Waals surface area contributed by atoms with E-state index < -0.39 is 11.4 Å². The summed E-state index contributed by atoms with van der Waals surface area (Å²) in [5, 5.41) is 0.945. The SMILES string of the molecule is O=C(c1ccc(N[S+]([O-])c2cccc3cccnc23)cc1)N1CCCN(Cc2ccccc2)CC1. The van der Waals surface area contributed by atoms with Gasteiger partial charge < -0.3 is 9.45 Å². The molecule has 1 aliphatic heterocycles.